The second-order valence-corrected chi connectivity index (χ2v) is 8.38. The number of nitrogens with zero attached hydrogens (tertiary/aromatic N) is 2. The van der Waals surface area contributed by atoms with Crippen molar-refractivity contribution in [2.75, 3.05) is 53.5 Å². The van der Waals surface area contributed by atoms with E-state index in [0.29, 0.717) is 31.1 Å². The number of nitrogens with one attached hydrogen (secondary N) is 1. The van der Waals surface area contributed by atoms with E-state index < -0.39 is 5.82 Å². The Balaban J connectivity index is 1.81. The summed E-state index contributed by atoms with van der Waals surface area (Å²) in [5, 5.41) is 14.0. The molecule has 2 aliphatic rings. The van der Waals surface area contributed by atoms with Gasteiger partial charge in [-0.25, -0.2) is 4.39 Å². The maximum Gasteiger partial charge on any atom is 0.173 e. The van der Waals surface area contributed by atoms with Crippen LogP contribution in [0.2, 0.25) is 5.02 Å². The number of aromatic hydroxyl groups is 1. The summed E-state index contributed by atoms with van der Waals surface area (Å²) in [5.74, 6) is 0.125. The van der Waals surface area contributed by atoms with Gasteiger partial charge in [-0.15, -0.1) is 0 Å². The van der Waals surface area contributed by atoms with E-state index in [4.69, 9.17) is 21.1 Å². The molecule has 0 aromatic heterocycles. The molecule has 2 N–H and O–H groups in total. The van der Waals surface area contributed by atoms with E-state index >= 15 is 4.39 Å². The van der Waals surface area contributed by atoms with Gasteiger partial charge in [0, 0.05) is 43.9 Å². The van der Waals surface area contributed by atoms with Gasteiger partial charge >= 0.3 is 0 Å². The topological polar surface area (TPSA) is 57.2 Å². The van der Waals surface area contributed by atoms with Crippen molar-refractivity contribution in [1.82, 2.24) is 15.1 Å². The smallest absolute Gasteiger partial charge is 0.173 e. The van der Waals surface area contributed by atoms with E-state index in [1.54, 1.807) is 18.2 Å². The van der Waals surface area contributed by atoms with Crippen LogP contribution in [0.5, 0.6) is 17.2 Å². The van der Waals surface area contributed by atoms with E-state index in [-0.39, 0.29) is 33.7 Å². The molecule has 30 heavy (non-hydrogen) atoms. The largest absolute Gasteiger partial charge is 0.507 e. The Bertz CT molecular complexity index is 905. The minimum Gasteiger partial charge on any atom is -0.507 e. The molecule has 0 saturated carbocycles. The first kappa shape index (κ1) is 21.2. The molecule has 1 saturated heterocycles. The molecular weight excluding hydrogens is 409 g/mol. The van der Waals surface area contributed by atoms with Gasteiger partial charge in [-0.1, -0.05) is 17.7 Å². The standard InChI is InChI=1S/C22H27ClFN3O3/c1-26(2)8-9-29-19-10-15(20-17(23)4-3-5-18(20)28)21(24)22-16(19)12-27-7-6-25-11-14(27)13-30-22/h3-5,10,14,25,28H,6-9,11-13H2,1-2H3/t14-/m1/s1. The highest BCUT2D eigenvalue weighted by Gasteiger charge is 2.32. The molecule has 2 aromatic carbocycles. The summed E-state index contributed by atoms with van der Waals surface area (Å²) >= 11 is 6.32. The lowest BCUT2D eigenvalue weighted by atomic mass is 9.99. The average Bonchev–Trinajstić information content (AvgIpc) is 2.90. The molecule has 0 amide bonds. The summed E-state index contributed by atoms with van der Waals surface area (Å²) in [6, 6.07) is 6.54. The summed E-state index contributed by atoms with van der Waals surface area (Å²) in [7, 11) is 3.94. The van der Waals surface area contributed by atoms with Crippen LogP contribution in [0.4, 0.5) is 4.39 Å². The third kappa shape index (κ3) is 4.21. The molecule has 0 spiro atoms. The zero-order chi connectivity index (χ0) is 21.3. The fourth-order valence-electron chi connectivity index (χ4n) is 3.93. The Morgan fingerprint density at radius 1 is 1.40 bits per heavy atom. The van der Waals surface area contributed by atoms with Crippen LogP contribution >= 0.6 is 11.6 Å². The first-order valence-corrected chi connectivity index (χ1v) is 10.5. The van der Waals surface area contributed by atoms with Crippen LogP contribution < -0.4 is 14.8 Å². The van der Waals surface area contributed by atoms with Gasteiger partial charge in [0.2, 0.25) is 0 Å². The summed E-state index contributed by atoms with van der Waals surface area (Å²) in [4.78, 5) is 4.32. The van der Waals surface area contributed by atoms with Gasteiger partial charge in [0.15, 0.2) is 11.6 Å². The number of halogens is 2. The van der Waals surface area contributed by atoms with Gasteiger partial charge in [-0.05, 0) is 32.3 Å². The lowest BCUT2D eigenvalue weighted by Crippen LogP contribution is -2.52. The number of benzene rings is 2. The van der Waals surface area contributed by atoms with Crippen LogP contribution in [0.1, 0.15) is 5.56 Å². The minimum atomic E-state index is -0.527. The maximum absolute atomic E-state index is 15.7. The van der Waals surface area contributed by atoms with Gasteiger partial charge < -0.3 is 24.8 Å². The highest BCUT2D eigenvalue weighted by atomic mass is 35.5. The van der Waals surface area contributed by atoms with E-state index in [1.807, 2.05) is 19.0 Å². The van der Waals surface area contributed by atoms with Crippen molar-refractivity contribution in [1.29, 1.82) is 0 Å². The molecule has 6 nitrogen and oxygen atoms in total. The van der Waals surface area contributed by atoms with Gasteiger partial charge in [-0.2, -0.15) is 0 Å². The monoisotopic (exact) mass is 435 g/mol. The van der Waals surface area contributed by atoms with Crippen molar-refractivity contribution in [3.05, 3.63) is 40.7 Å². The number of likely N-dealkylation sites (N-methyl/N-ethyl adjacent to an activating group) is 1. The quantitative estimate of drug-likeness (QED) is 0.753. The first-order chi connectivity index (χ1) is 14.5. The normalized spacial score (nSPS) is 19.0. The van der Waals surface area contributed by atoms with E-state index in [2.05, 4.69) is 10.2 Å². The predicted octanol–water partition coefficient (Wildman–Crippen LogP) is 2.96. The second-order valence-electron chi connectivity index (χ2n) is 7.97. The number of fused-ring (bicyclic) bond motifs is 2. The molecule has 1 atom stereocenters. The van der Waals surface area contributed by atoms with Crippen molar-refractivity contribution < 1.29 is 19.0 Å². The van der Waals surface area contributed by atoms with Gasteiger partial charge in [0.05, 0.1) is 16.6 Å². The number of phenolic OH excluding ortho intramolecular Hbond substituents is 1. The van der Waals surface area contributed by atoms with Crippen molar-refractivity contribution in [2.24, 2.45) is 0 Å². The number of rotatable bonds is 5. The van der Waals surface area contributed by atoms with Crippen molar-refractivity contribution in [2.45, 2.75) is 12.6 Å². The highest BCUT2D eigenvalue weighted by molar-refractivity contribution is 6.33. The molecule has 2 heterocycles. The number of ether oxygens (including phenoxy) is 2. The average molecular weight is 436 g/mol. The van der Waals surface area contributed by atoms with Crippen LogP contribution in [0, 0.1) is 5.82 Å². The lowest BCUT2D eigenvalue weighted by molar-refractivity contribution is 0.118. The Kier molecular flexibility index (Phi) is 6.34. The van der Waals surface area contributed by atoms with Gasteiger partial charge in [0.25, 0.3) is 0 Å². The molecular formula is C22H27ClFN3O3. The molecule has 2 aliphatic heterocycles. The molecule has 2 aromatic rings. The van der Waals surface area contributed by atoms with Crippen LogP contribution in [0.15, 0.2) is 24.3 Å². The van der Waals surface area contributed by atoms with Crippen LogP contribution in [0.25, 0.3) is 11.1 Å². The summed E-state index contributed by atoms with van der Waals surface area (Å²) in [6.45, 7) is 4.64. The molecule has 1 fully saturated rings. The number of hydrogen-bond acceptors (Lipinski definition) is 6. The fraction of sp³-hybridized carbons (Fsp3) is 0.455. The SMILES string of the molecule is CN(C)CCOc1cc(-c2c(O)cccc2Cl)c(F)c2c1CN1CCNC[C@@H]1CO2. The van der Waals surface area contributed by atoms with E-state index in [1.165, 1.54) is 6.07 Å². The third-order valence-electron chi connectivity index (χ3n) is 5.59. The Morgan fingerprint density at radius 3 is 3.00 bits per heavy atom. The molecule has 8 heteroatoms. The van der Waals surface area contributed by atoms with E-state index in [9.17, 15) is 5.11 Å². The number of phenols is 1. The van der Waals surface area contributed by atoms with E-state index in [0.717, 1.165) is 26.2 Å². The summed E-state index contributed by atoms with van der Waals surface area (Å²) in [6.07, 6.45) is 0. The predicted molar refractivity (Wildman–Crippen MR) is 115 cm³/mol. The van der Waals surface area contributed by atoms with Crippen LogP contribution in [0.3, 0.4) is 0 Å². The van der Waals surface area contributed by atoms with Crippen LogP contribution in [-0.4, -0.2) is 74.4 Å². The van der Waals surface area contributed by atoms with Crippen molar-refractivity contribution >= 4 is 11.6 Å². The van der Waals surface area contributed by atoms with Crippen LogP contribution in [-0.2, 0) is 6.54 Å². The summed E-state index contributed by atoms with van der Waals surface area (Å²) < 4.78 is 27.8. The molecule has 162 valence electrons. The number of hydrogen-bond donors (Lipinski definition) is 2. The molecule has 0 bridgehead atoms. The summed E-state index contributed by atoms with van der Waals surface area (Å²) in [5.41, 5.74) is 1.12. The Morgan fingerprint density at radius 2 is 2.23 bits per heavy atom. The third-order valence-corrected chi connectivity index (χ3v) is 5.91. The number of piperazine rings is 1. The molecule has 0 aliphatic carbocycles. The van der Waals surface area contributed by atoms with Crippen molar-refractivity contribution in [3.63, 3.8) is 0 Å². The second kappa shape index (κ2) is 8.98. The first-order valence-electron chi connectivity index (χ1n) is 10.1. The lowest BCUT2D eigenvalue weighted by Gasteiger charge is -2.33. The zero-order valence-corrected chi connectivity index (χ0v) is 18.0. The highest BCUT2D eigenvalue weighted by Crippen LogP contribution is 2.45. The van der Waals surface area contributed by atoms with Gasteiger partial charge in [-0.3, -0.25) is 4.90 Å². The van der Waals surface area contributed by atoms with Crippen molar-refractivity contribution in [3.8, 4) is 28.4 Å². The molecule has 0 radical (unpaired) electrons. The molecule has 0 unspecified atom stereocenters. The maximum atomic E-state index is 15.7. The Labute approximate surface area is 181 Å². The Hall–Kier alpha value is -2.06. The minimum absolute atomic E-state index is 0.0872. The zero-order valence-electron chi connectivity index (χ0n) is 17.3. The van der Waals surface area contributed by atoms with Gasteiger partial charge in [0.1, 0.15) is 24.7 Å². The molecule has 4 rings (SSSR count). The fourth-order valence-corrected chi connectivity index (χ4v) is 4.21.